The lowest BCUT2D eigenvalue weighted by atomic mass is 10.1. The van der Waals surface area contributed by atoms with E-state index >= 15 is 0 Å². The number of H-pyrrole nitrogens is 1. The largest absolute Gasteiger partial charge is 0.361 e. The fraction of sp³-hybridized carbons (Fsp3) is 0.278. The third kappa shape index (κ3) is 3.22. The molecule has 0 unspecified atom stereocenters. The molecule has 3 aromatic rings. The second-order valence-corrected chi connectivity index (χ2v) is 6.05. The van der Waals surface area contributed by atoms with Gasteiger partial charge in [-0.1, -0.05) is 18.2 Å². The molecule has 1 aliphatic carbocycles. The van der Waals surface area contributed by atoms with E-state index in [4.69, 9.17) is 0 Å². The Hall–Kier alpha value is -2.89. The van der Waals surface area contributed by atoms with E-state index in [0.717, 1.165) is 24.8 Å². The number of aromatic amines is 1. The number of carbonyl (C=O) groups excluding carboxylic acids is 1. The van der Waals surface area contributed by atoms with Gasteiger partial charge in [0, 0.05) is 35.9 Å². The van der Waals surface area contributed by atoms with Crippen molar-refractivity contribution < 1.29 is 4.79 Å². The number of fused-ring (bicyclic) bond motifs is 1. The Morgan fingerprint density at radius 3 is 3.00 bits per heavy atom. The van der Waals surface area contributed by atoms with Gasteiger partial charge < -0.3 is 15.6 Å². The maximum atomic E-state index is 12.0. The van der Waals surface area contributed by atoms with Crippen molar-refractivity contribution in [2.24, 2.45) is 0 Å². The highest BCUT2D eigenvalue weighted by atomic mass is 16.2. The smallest absolute Gasteiger partial charge is 0.270 e. The topological polar surface area (TPSA) is 82.7 Å². The van der Waals surface area contributed by atoms with E-state index in [1.54, 1.807) is 12.3 Å². The zero-order valence-corrected chi connectivity index (χ0v) is 13.2. The van der Waals surface area contributed by atoms with Gasteiger partial charge in [0.25, 0.3) is 5.91 Å². The number of anilines is 1. The zero-order valence-electron chi connectivity index (χ0n) is 13.2. The number of aromatic nitrogens is 3. The standard InChI is InChI=1S/C18H19N5O/c24-17(22-13-5-6-13)16-8-10-20-18(23-16)19-9-7-12-11-21-15-4-2-1-3-14(12)15/h1-4,8,10-11,13,21H,5-7,9H2,(H,22,24)(H,19,20,23). The lowest BCUT2D eigenvalue weighted by Gasteiger charge is -2.06. The van der Waals surface area contributed by atoms with Crippen LogP contribution in [0.4, 0.5) is 5.95 Å². The number of amides is 1. The Kier molecular flexibility index (Phi) is 3.86. The molecule has 24 heavy (non-hydrogen) atoms. The first-order valence-corrected chi connectivity index (χ1v) is 8.22. The van der Waals surface area contributed by atoms with Gasteiger partial charge in [0.15, 0.2) is 0 Å². The minimum Gasteiger partial charge on any atom is -0.361 e. The SMILES string of the molecule is O=C(NC1CC1)c1ccnc(NCCc2c[nH]c3ccccc23)n1. The maximum absolute atomic E-state index is 12.0. The van der Waals surface area contributed by atoms with Gasteiger partial charge >= 0.3 is 0 Å². The van der Waals surface area contributed by atoms with E-state index in [9.17, 15) is 4.79 Å². The Balaban J connectivity index is 1.38. The molecule has 2 heterocycles. The van der Waals surface area contributed by atoms with Crippen molar-refractivity contribution in [1.29, 1.82) is 0 Å². The maximum Gasteiger partial charge on any atom is 0.270 e. The van der Waals surface area contributed by atoms with Gasteiger partial charge in [-0.25, -0.2) is 9.97 Å². The summed E-state index contributed by atoms with van der Waals surface area (Å²) in [6.45, 7) is 0.704. The molecule has 1 saturated carbocycles. The number of hydrogen-bond donors (Lipinski definition) is 3. The van der Waals surface area contributed by atoms with Crippen molar-refractivity contribution in [2.45, 2.75) is 25.3 Å². The fourth-order valence-electron chi connectivity index (χ4n) is 2.70. The van der Waals surface area contributed by atoms with Crippen LogP contribution in [0, 0.1) is 0 Å². The number of carbonyl (C=O) groups is 1. The summed E-state index contributed by atoms with van der Waals surface area (Å²) in [5.74, 6) is 0.359. The van der Waals surface area contributed by atoms with Crippen LogP contribution in [0.5, 0.6) is 0 Å². The molecule has 1 amide bonds. The molecule has 1 aromatic carbocycles. The van der Waals surface area contributed by atoms with Crippen molar-refractivity contribution in [1.82, 2.24) is 20.3 Å². The Morgan fingerprint density at radius 1 is 1.25 bits per heavy atom. The Morgan fingerprint density at radius 2 is 2.12 bits per heavy atom. The average molecular weight is 321 g/mol. The summed E-state index contributed by atoms with van der Waals surface area (Å²) in [7, 11) is 0. The van der Waals surface area contributed by atoms with E-state index in [1.165, 1.54) is 10.9 Å². The number of nitrogens with one attached hydrogen (secondary N) is 3. The molecule has 0 atom stereocenters. The molecule has 0 spiro atoms. The molecule has 2 aromatic heterocycles. The van der Waals surface area contributed by atoms with Crippen LogP contribution >= 0.6 is 0 Å². The van der Waals surface area contributed by atoms with E-state index < -0.39 is 0 Å². The molecular weight excluding hydrogens is 302 g/mol. The van der Waals surface area contributed by atoms with Gasteiger partial charge in [-0.05, 0) is 37.0 Å². The molecular formula is C18H19N5O. The molecule has 6 nitrogen and oxygen atoms in total. The first-order valence-electron chi connectivity index (χ1n) is 8.22. The van der Waals surface area contributed by atoms with Crippen molar-refractivity contribution in [3.05, 3.63) is 54.0 Å². The molecule has 0 radical (unpaired) electrons. The molecule has 1 fully saturated rings. The van der Waals surface area contributed by atoms with Gasteiger partial charge in [0.1, 0.15) is 5.69 Å². The number of benzene rings is 1. The van der Waals surface area contributed by atoms with E-state index in [2.05, 4.69) is 37.7 Å². The lowest BCUT2D eigenvalue weighted by Crippen LogP contribution is -2.26. The van der Waals surface area contributed by atoms with Crippen molar-refractivity contribution in [3.63, 3.8) is 0 Å². The van der Waals surface area contributed by atoms with Crippen LogP contribution in [0.25, 0.3) is 10.9 Å². The predicted octanol–water partition coefficient (Wildman–Crippen LogP) is 2.50. The number of nitrogens with zero attached hydrogens (tertiary/aromatic N) is 2. The summed E-state index contributed by atoms with van der Waals surface area (Å²) in [5, 5.41) is 7.36. The average Bonchev–Trinajstić information content (AvgIpc) is 3.33. The molecule has 0 aliphatic heterocycles. The van der Waals surface area contributed by atoms with Gasteiger partial charge in [-0.2, -0.15) is 0 Å². The third-order valence-corrected chi connectivity index (χ3v) is 4.15. The summed E-state index contributed by atoms with van der Waals surface area (Å²) >= 11 is 0. The monoisotopic (exact) mass is 321 g/mol. The van der Waals surface area contributed by atoms with Crippen molar-refractivity contribution in [2.75, 3.05) is 11.9 Å². The van der Waals surface area contributed by atoms with Gasteiger partial charge in [-0.15, -0.1) is 0 Å². The van der Waals surface area contributed by atoms with Gasteiger partial charge in [0.05, 0.1) is 0 Å². The van der Waals surface area contributed by atoms with Crippen LogP contribution in [0.3, 0.4) is 0 Å². The molecule has 0 bridgehead atoms. The summed E-state index contributed by atoms with van der Waals surface area (Å²) < 4.78 is 0. The summed E-state index contributed by atoms with van der Waals surface area (Å²) in [6, 6.07) is 10.2. The van der Waals surface area contributed by atoms with E-state index in [0.29, 0.717) is 24.2 Å². The Bertz CT molecular complexity index is 868. The van der Waals surface area contributed by atoms with Crippen LogP contribution in [0.15, 0.2) is 42.7 Å². The van der Waals surface area contributed by atoms with Crippen LogP contribution in [-0.2, 0) is 6.42 Å². The number of hydrogen-bond acceptors (Lipinski definition) is 4. The second-order valence-electron chi connectivity index (χ2n) is 6.05. The van der Waals surface area contributed by atoms with Crippen LogP contribution in [0.2, 0.25) is 0 Å². The summed E-state index contributed by atoms with van der Waals surface area (Å²) in [5.41, 5.74) is 2.80. The minimum absolute atomic E-state index is 0.125. The highest BCUT2D eigenvalue weighted by Gasteiger charge is 2.24. The van der Waals surface area contributed by atoms with Crippen molar-refractivity contribution in [3.8, 4) is 0 Å². The summed E-state index contributed by atoms with van der Waals surface area (Å²) in [6.07, 6.45) is 6.63. The minimum atomic E-state index is -0.125. The van der Waals surface area contributed by atoms with Gasteiger partial charge in [0.2, 0.25) is 5.95 Å². The first kappa shape index (κ1) is 14.7. The molecule has 4 rings (SSSR count). The molecule has 1 aliphatic rings. The predicted molar refractivity (Wildman–Crippen MR) is 93.0 cm³/mol. The highest BCUT2D eigenvalue weighted by Crippen LogP contribution is 2.19. The van der Waals surface area contributed by atoms with E-state index in [-0.39, 0.29) is 5.91 Å². The number of para-hydroxylation sites is 1. The first-order chi connectivity index (χ1) is 11.8. The van der Waals surface area contributed by atoms with E-state index in [1.807, 2.05) is 18.3 Å². The fourth-order valence-corrected chi connectivity index (χ4v) is 2.70. The van der Waals surface area contributed by atoms with Crippen molar-refractivity contribution >= 4 is 22.8 Å². The normalized spacial score (nSPS) is 13.8. The second kappa shape index (κ2) is 6.31. The highest BCUT2D eigenvalue weighted by molar-refractivity contribution is 5.92. The number of rotatable bonds is 6. The molecule has 0 saturated heterocycles. The summed E-state index contributed by atoms with van der Waals surface area (Å²) in [4.78, 5) is 23.8. The Labute approximate surface area is 139 Å². The third-order valence-electron chi connectivity index (χ3n) is 4.15. The molecule has 122 valence electrons. The van der Waals surface area contributed by atoms with Crippen LogP contribution < -0.4 is 10.6 Å². The van der Waals surface area contributed by atoms with Gasteiger partial charge in [-0.3, -0.25) is 4.79 Å². The quantitative estimate of drug-likeness (QED) is 0.651. The van der Waals surface area contributed by atoms with Crippen LogP contribution in [0.1, 0.15) is 28.9 Å². The molecule has 3 N–H and O–H groups in total. The zero-order chi connectivity index (χ0) is 16.4. The molecule has 6 heteroatoms. The van der Waals surface area contributed by atoms with Crippen LogP contribution in [-0.4, -0.2) is 33.4 Å². The lowest BCUT2D eigenvalue weighted by molar-refractivity contribution is 0.0946.